The summed E-state index contributed by atoms with van der Waals surface area (Å²) in [6.45, 7) is 10.9. The summed E-state index contributed by atoms with van der Waals surface area (Å²) in [5, 5.41) is 3.28. The van der Waals surface area contributed by atoms with E-state index < -0.39 is 0 Å². The van der Waals surface area contributed by atoms with Gasteiger partial charge >= 0.3 is 0 Å². The molecule has 0 radical (unpaired) electrons. The Balaban J connectivity index is 1.77. The average Bonchev–Trinajstić information content (AvgIpc) is 2.89. The summed E-state index contributed by atoms with van der Waals surface area (Å²) in [4.78, 5) is 19.0. The molecule has 1 atom stereocenters. The molecule has 5 heteroatoms. The lowest BCUT2D eigenvalue weighted by atomic mass is 10.2. The maximum Gasteiger partial charge on any atom is 0.236 e. The number of piperazine rings is 1. The van der Waals surface area contributed by atoms with Gasteiger partial charge in [-0.25, -0.2) is 0 Å². The third-order valence-electron chi connectivity index (χ3n) is 4.40. The fourth-order valence-corrected chi connectivity index (χ4v) is 2.95. The van der Waals surface area contributed by atoms with Crippen LogP contribution < -0.4 is 5.32 Å². The SMILES string of the molecule is CC(C)N1CCC(N(C)CC(=O)N2CCNCC2)C1. The number of carbonyl (C=O) groups excluding carboxylic acids is 1. The molecule has 2 aliphatic heterocycles. The molecule has 0 spiro atoms. The van der Waals surface area contributed by atoms with Gasteiger partial charge in [0.1, 0.15) is 0 Å². The number of likely N-dealkylation sites (tertiary alicyclic amines) is 1. The Morgan fingerprint density at radius 3 is 2.58 bits per heavy atom. The smallest absolute Gasteiger partial charge is 0.236 e. The van der Waals surface area contributed by atoms with E-state index in [1.807, 2.05) is 4.90 Å². The molecule has 1 amide bonds. The summed E-state index contributed by atoms with van der Waals surface area (Å²) in [6.07, 6.45) is 1.18. The molecule has 0 aromatic rings. The molecule has 19 heavy (non-hydrogen) atoms. The third kappa shape index (κ3) is 3.91. The normalized spacial score (nSPS) is 25.5. The highest BCUT2D eigenvalue weighted by Gasteiger charge is 2.28. The van der Waals surface area contributed by atoms with Gasteiger partial charge < -0.3 is 10.2 Å². The lowest BCUT2D eigenvalue weighted by Gasteiger charge is -2.31. The number of amides is 1. The number of nitrogens with zero attached hydrogens (tertiary/aromatic N) is 3. The van der Waals surface area contributed by atoms with Crippen molar-refractivity contribution in [1.82, 2.24) is 20.0 Å². The number of likely N-dealkylation sites (N-methyl/N-ethyl adjacent to an activating group) is 1. The van der Waals surface area contributed by atoms with Crippen molar-refractivity contribution in [1.29, 1.82) is 0 Å². The molecule has 0 bridgehead atoms. The van der Waals surface area contributed by atoms with Gasteiger partial charge in [0, 0.05) is 51.4 Å². The fourth-order valence-electron chi connectivity index (χ4n) is 2.95. The first-order valence-electron chi connectivity index (χ1n) is 7.50. The zero-order chi connectivity index (χ0) is 13.8. The van der Waals surface area contributed by atoms with Gasteiger partial charge in [-0.05, 0) is 27.3 Å². The highest BCUT2D eigenvalue weighted by molar-refractivity contribution is 5.78. The Hall–Kier alpha value is -0.650. The maximum atomic E-state index is 12.2. The molecule has 2 rings (SSSR count). The van der Waals surface area contributed by atoms with Crippen molar-refractivity contribution >= 4 is 5.91 Å². The van der Waals surface area contributed by atoms with Crippen LogP contribution in [-0.2, 0) is 4.79 Å². The average molecular weight is 268 g/mol. The van der Waals surface area contributed by atoms with Gasteiger partial charge in [-0.15, -0.1) is 0 Å². The Kier molecular flexibility index (Phi) is 5.19. The lowest BCUT2D eigenvalue weighted by Crippen LogP contribution is -2.50. The van der Waals surface area contributed by atoms with E-state index in [2.05, 4.69) is 36.0 Å². The van der Waals surface area contributed by atoms with E-state index in [-0.39, 0.29) is 5.91 Å². The van der Waals surface area contributed by atoms with Crippen LogP contribution in [-0.4, -0.2) is 85.6 Å². The van der Waals surface area contributed by atoms with E-state index in [1.54, 1.807) is 0 Å². The zero-order valence-corrected chi connectivity index (χ0v) is 12.6. The topological polar surface area (TPSA) is 38.8 Å². The molecule has 2 heterocycles. The van der Waals surface area contributed by atoms with Crippen LogP contribution >= 0.6 is 0 Å². The second kappa shape index (κ2) is 6.68. The number of hydrogen-bond acceptors (Lipinski definition) is 4. The summed E-state index contributed by atoms with van der Waals surface area (Å²) < 4.78 is 0. The van der Waals surface area contributed by atoms with Crippen LogP contribution in [0.25, 0.3) is 0 Å². The van der Waals surface area contributed by atoms with Crippen molar-refractivity contribution in [3.8, 4) is 0 Å². The van der Waals surface area contributed by atoms with Crippen LogP contribution in [0.3, 0.4) is 0 Å². The Labute approximate surface area is 116 Å². The van der Waals surface area contributed by atoms with Crippen molar-refractivity contribution in [3.63, 3.8) is 0 Å². The van der Waals surface area contributed by atoms with Gasteiger partial charge in [-0.3, -0.25) is 14.6 Å². The largest absolute Gasteiger partial charge is 0.339 e. The first-order chi connectivity index (χ1) is 9.08. The van der Waals surface area contributed by atoms with E-state index >= 15 is 0 Å². The Morgan fingerprint density at radius 1 is 1.32 bits per heavy atom. The minimum atomic E-state index is 0.284. The molecular weight excluding hydrogens is 240 g/mol. The van der Waals surface area contributed by atoms with Crippen molar-refractivity contribution in [2.75, 3.05) is 52.9 Å². The molecule has 0 aliphatic carbocycles. The van der Waals surface area contributed by atoms with Gasteiger partial charge in [0.2, 0.25) is 5.91 Å². The molecule has 2 saturated heterocycles. The van der Waals surface area contributed by atoms with E-state index in [0.29, 0.717) is 18.6 Å². The molecule has 2 aliphatic rings. The Bertz CT molecular complexity index is 302. The second-order valence-corrected chi connectivity index (χ2v) is 6.08. The molecule has 1 N–H and O–H groups in total. The van der Waals surface area contributed by atoms with Gasteiger partial charge in [0.25, 0.3) is 0 Å². The number of hydrogen-bond donors (Lipinski definition) is 1. The first kappa shape index (κ1) is 14.8. The van der Waals surface area contributed by atoms with Crippen molar-refractivity contribution in [3.05, 3.63) is 0 Å². The van der Waals surface area contributed by atoms with Crippen LogP contribution in [0.2, 0.25) is 0 Å². The summed E-state index contributed by atoms with van der Waals surface area (Å²) >= 11 is 0. The minimum Gasteiger partial charge on any atom is -0.339 e. The predicted molar refractivity (Wildman–Crippen MR) is 77.2 cm³/mol. The number of nitrogens with one attached hydrogen (secondary N) is 1. The monoisotopic (exact) mass is 268 g/mol. The molecular formula is C14H28N4O. The molecule has 110 valence electrons. The van der Waals surface area contributed by atoms with E-state index in [9.17, 15) is 4.79 Å². The summed E-state index contributed by atoms with van der Waals surface area (Å²) in [5.74, 6) is 0.284. The second-order valence-electron chi connectivity index (χ2n) is 6.08. The van der Waals surface area contributed by atoms with Crippen LogP contribution in [0.15, 0.2) is 0 Å². The minimum absolute atomic E-state index is 0.284. The standard InChI is InChI=1S/C14H28N4O/c1-12(2)18-7-4-13(10-18)16(3)11-14(19)17-8-5-15-6-9-17/h12-13,15H,4-11H2,1-3H3. The van der Waals surface area contributed by atoms with Crippen molar-refractivity contribution < 1.29 is 4.79 Å². The van der Waals surface area contributed by atoms with Crippen LogP contribution in [0.1, 0.15) is 20.3 Å². The van der Waals surface area contributed by atoms with Gasteiger partial charge in [0.05, 0.1) is 6.54 Å². The summed E-state index contributed by atoms with van der Waals surface area (Å²) in [7, 11) is 2.09. The third-order valence-corrected chi connectivity index (χ3v) is 4.40. The highest BCUT2D eigenvalue weighted by Crippen LogP contribution is 2.16. The molecule has 5 nitrogen and oxygen atoms in total. The maximum absolute atomic E-state index is 12.2. The lowest BCUT2D eigenvalue weighted by molar-refractivity contribution is -0.133. The zero-order valence-electron chi connectivity index (χ0n) is 12.6. The van der Waals surface area contributed by atoms with Gasteiger partial charge in [-0.2, -0.15) is 0 Å². The quantitative estimate of drug-likeness (QED) is 0.768. The molecule has 1 unspecified atom stereocenters. The van der Waals surface area contributed by atoms with E-state index in [1.165, 1.54) is 6.42 Å². The summed E-state index contributed by atoms with van der Waals surface area (Å²) in [6, 6.07) is 1.15. The van der Waals surface area contributed by atoms with Gasteiger partial charge in [-0.1, -0.05) is 0 Å². The van der Waals surface area contributed by atoms with Crippen LogP contribution in [0.5, 0.6) is 0 Å². The fraction of sp³-hybridized carbons (Fsp3) is 0.929. The van der Waals surface area contributed by atoms with Crippen LogP contribution in [0.4, 0.5) is 0 Å². The van der Waals surface area contributed by atoms with Crippen molar-refractivity contribution in [2.45, 2.75) is 32.4 Å². The number of rotatable bonds is 4. The number of carbonyl (C=O) groups is 1. The van der Waals surface area contributed by atoms with Crippen LogP contribution in [0, 0.1) is 0 Å². The predicted octanol–water partition coefficient (Wildman–Crippen LogP) is -0.167. The van der Waals surface area contributed by atoms with Gasteiger partial charge in [0.15, 0.2) is 0 Å². The highest BCUT2D eigenvalue weighted by atomic mass is 16.2. The molecule has 0 aromatic carbocycles. The first-order valence-corrected chi connectivity index (χ1v) is 7.50. The molecule has 0 saturated carbocycles. The summed E-state index contributed by atoms with van der Waals surface area (Å²) in [5.41, 5.74) is 0. The molecule has 0 aromatic heterocycles. The van der Waals surface area contributed by atoms with E-state index in [4.69, 9.17) is 0 Å². The van der Waals surface area contributed by atoms with E-state index in [0.717, 1.165) is 39.3 Å². The van der Waals surface area contributed by atoms with Crippen molar-refractivity contribution in [2.24, 2.45) is 0 Å². The molecule has 2 fully saturated rings. The Morgan fingerprint density at radius 2 is 2.00 bits per heavy atom.